The van der Waals surface area contributed by atoms with Crippen LogP contribution in [0.4, 0.5) is 4.39 Å². The molecule has 24 heavy (non-hydrogen) atoms. The summed E-state index contributed by atoms with van der Waals surface area (Å²) in [5.74, 6) is 5.71. The zero-order valence-electron chi connectivity index (χ0n) is 12.7. The van der Waals surface area contributed by atoms with Crippen LogP contribution in [0.15, 0.2) is 76.1 Å². The van der Waals surface area contributed by atoms with E-state index < -0.39 is 0 Å². The highest BCUT2D eigenvalue weighted by molar-refractivity contribution is 9.10. The van der Waals surface area contributed by atoms with Crippen molar-refractivity contribution in [2.75, 3.05) is 0 Å². The Morgan fingerprint density at radius 3 is 2.54 bits per heavy atom. The van der Waals surface area contributed by atoms with Crippen LogP contribution < -0.4 is 5.56 Å². The Bertz CT molecular complexity index is 984. The van der Waals surface area contributed by atoms with Crippen LogP contribution in [0.5, 0.6) is 0 Å². The van der Waals surface area contributed by atoms with Gasteiger partial charge in [0.25, 0.3) is 5.56 Å². The summed E-state index contributed by atoms with van der Waals surface area (Å²) in [6.07, 6.45) is 1.67. The van der Waals surface area contributed by atoms with Gasteiger partial charge in [0.05, 0.1) is 11.0 Å². The second-order valence-corrected chi connectivity index (χ2v) is 6.02. The smallest absolute Gasteiger partial charge is 0.266 e. The Morgan fingerprint density at radius 1 is 1.00 bits per heavy atom. The Kier molecular flexibility index (Phi) is 4.93. The van der Waals surface area contributed by atoms with Crippen molar-refractivity contribution in [2.45, 2.75) is 6.54 Å². The molecule has 118 valence electrons. The maximum absolute atomic E-state index is 13.3. The van der Waals surface area contributed by atoms with Crippen LogP contribution in [-0.2, 0) is 6.54 Å². The first kappa shape index (κ1) is 16.2. The summed E-state index contributed by atoms with van der Waals surface area (Å²) >= 11 is 3.32. The molecule has 3 rings (SSSR count). The molecule has 0 spiro atoms. The monoisotopic (exact) mass is 381 g/mol. The van der Waals surface area contributed by atoms with Gasteiger partial charge in [0.2, 0.25) is 0 Å². The normalized spacial score (nSPS) is 10.1. The topological polar surface area (TPSA) is 22.0 Å². The van der Waals surface area contributed by atoms with Gasteiger partial charge in [-0.1, -0.05) is 42.2 Å². The van der Waals surface area contributed by atoms with Crippen molar-refractivity contribution in [3.63, 3.8) is 0 Å². The highest BCUT2D eigenvalue weighted by atomic mass is 79.9. The minimum atomic E-state index is -0.315. The fourth-order valence-corrected chi connectivity index (χ4v) is 2.72. The molecule has 0 fully saturated rings. The Labute approximate surface area is 147 Å². The van der Waals surface area contributed by atoms with E-state index in [1.165, 1.54) is 16.7 Å². The quantitative estimate of drug-likeness (QED) is 0.609. The van der Waals surface area contributed by atoms with E-state index in [1.54, 1.807) is 24.4 Å². The first-order chi connectivity index (χ1) is 11.6. The van der Waals surface area contributed by atoms with Gasteiger partial charge >= 0.3 is 0 Å². The number of hydrogen-bond donors (Lipinski definition) is 0. The van der Waals surface area contributed by atoms with E-state index in [2.05, 4.69) is 27.8 Å². The highest BCUT2D eigenvalue weighted by Gasteiger charge is 2.06. The predicted molar refractivity (Wildman–Crippen MR) is 96.3 cm³/mol. The SMILES string of the molecule is O=c1c(Br)c(C#Cc2ccccc2)ccn1Cc1cccc(F)c1. The minimum Gasteiger partial charge on any atom is -0.310 e. The molecule has 0 amide bonds. The maximum atomic E-state index is 13.3. The van der Waals surface area contributed by atoms with Gasteiger partial charge in [-0.3, -0.25) is 4.79 Å². The fraction of sp³-hybridized carbons (Fsp3) is 0.0500. The van der Waals surface area contributed by atoms with Gasteiger partial charge in [0.1, 0.15) is 5.82 Å². The summed E-state index contributed by atoms with van der Waals surface area (Å²) in [5.41, 5.74) is 2.04. The largest absolute Gasteiger partial charge is 0.310 e. The van der Waals surface area contributed by atoms with Crippen LogP contribution in [0.3, 0.4) is 0 Å². The zero-order valence-corrected chi connectivity index (χ0v) is 14.3. The summed E-state index contributed by atoms with van der Waals surface area (Å²) in [5, 5.41) is 0. The van der Waals surface area contributed by atoms with E-state index in [1.807, 2.05) is 30.3 Å². The van der Waals surface area contributed by atoms with Gasteiger partial charge in [-0.15, -0.1) is 0 Å². The second-order valence-electron chi connectivity index (χ2n) is 5.22. The van der Waals surface area contributed by atoms with Gasteiger partial charge in [-0.25, -0.2) is 4.39 Å². The molecule has 0 aliphatic rings. The molecular formula is C20H13BrFNO. The summed E-state index contributed by atoms with van der Waals surface area (Å²) in [7, 11) is 0. The lowest BCUT2D eigenvalue weighted by molar-refractivity contribution is 0.622. The van der Waals surface area contributed by atoms with Gasteiger partial charge in [0, 0.05) is 17.3 Å². The third kappa shape index (κ3) is 3.81. The lowest BCUT2D eigenvalue weighted by Gasteiger charge is -2.07. The Hall–Kier alpha value is -2.64. The molecule has 1 aromatic heterocycles. The molecular weight excluding hydrogens is 369 g/mol. The molecule has 2 aromatic carbocycles. The van der Waals surface area contributed by atoms with Crippen molar-refractivity contribution in [3.05, 3.63) is 104 Å². The average molecular weight is 382 g/mol. The third-order valence-corrected chi connectivity index (χ3v) is 4.23. The number of halogens is 2. The van der Waals surface area contributed by atoms with E-state index in [9.17, 15) is 9.18 Å². The van der Waals surface area contributed by atoms with Crippen molar-refractivity contribution in [1.29, 1.82) is 0 Å². The minimum absolute atomic E-state index is 0.195. The number of aromatic nitrogens is 1. The van der Waals surface area contributed by atoms with Gasteiger partial charge in [0.15, 0.2) is 0 Å². The second kappa shape index (κ2) is 7.29. The summed E-state index contributed by atoms with van der Waals surface area (Å²) in [6.45, 7) is 0.307. The number of nitrogens with zero attached hydrogens (tertiary/aromatic N) is 1. The third-order valence-electron chi connectivity index (χ3n) is 3.46. The summed E-state index contributed by atoms with van der Waals surface area (Å²) in [6, 6.07) is 17.6. The van der Waals surface area contributed by atoms with E-state index in [4.69, 9.17) is 0 Å². The van der Waals surface area contributed by atoms with Crippen LogP contribution in [-0.4, -0.2) is 4.57 Å². The Balaban J connectivity index is 1.90. The first-order valence-electron chi connectivity index (χ1n) is 7.34. The van der Waals surface area contributed by atoms with Crippen LogP contribution >= 0.6 is 15.9 Å². The number of benzene rings is 2. The average Bonchev–Trinajstić information content (AvgIpc) is 2.59. The van der Waals surface area contributed by atoms with Crippen molar-refractivity contribution in [1.82, 2.24) is 4.57 Å². The summed E-state index contributed by atoms with van der Waals surface area (Å²) < 4.78 is 15.2. The summed E-state index contributed by atoms with van der Waals surface area (Å²) in [4.78, 5) is 12.4. The molecule has 0 aliphatic heterocycles. The molecule has 1 heterocycles. The molecule has 0 bridgehead atoms. The molecule has 3 aromatic rings. The first-order valence-corrected chi connectivity index (χ1v) is 8.13. The fourth-order valence-electron chi connectivity index (χ4n) is 2.26. The molecule has 0 N–H and O–H groups in total. The molecule has 0 saturated carbocycles. The van der Waals surface area contributed by atoms with Crippen LogP contribution in [0.2, 0.25) is 0 Å². The Morgan fingerprint density at radius 2 is 1.79 bits per heavy atom. The standard InChI is InChI=1S/C20H13BrFNO/c21-19-17(10-9-15-5-2-1-3-6-15)11-12-23(20(19)24)14-16-7-4-8-18(22)13-16/h1-8,11-13H,14H2. The molecule has 4 heteroatoms. The molecule has 0 aliphatic carbocycles. The van der Waals surface area contributed by atoms with Gasteiger partial charge < -0.3 is 4.57 Å². The van der Waals surface area contributed by atoms with Gasteiger partial charge in [-0.2, -0.15) is 0 Å². The van der Waals surface area contributed by atoms with Crippen molar-refractivity contribution >= 4 is 15.9 Å². The molecule has 0 saturated heterocycles. The van der Waals surface area contributed by atoms with Crippen LogP contribution in [0.1, 0.15) is 16.7 Å². The number of rotatable bonds is 2. The zero-order chi connectivity index (χ0) is 16.9. The lowest BCUT2D eigenvalue weighted by atomic mass is 10.2. The highest BCUT2D eigenvalue weighted by Crippen LogP contribution is 2.12. The predicted octanol–water partition coefficient (Wildman–Crippen LogP) is 4.20. The molecule has 0 unspecified atom stereocenters. The van der Waals surface area contributed by atoms with E-state index in [-0.39, 0.29) is 11.4 Å². The lowest BCUT2D eigenvalue weighted by Crippen LogP contribution is -2.21. The molecule has 0 atom stereocenters. The van der Waals surface area contributed by atoms with E-state index in [0.717, 1.165) is 11.1 Å². The molecule has 0 radical (unpaired) electrons. The molecule has 2 nitrogen and oxygen atoms in total. The number of pyridine rings is 1. The van der Waals surface area contributed by atoms with Crippen molar-refractivity contribution < 1.29 is 4.39 Å². The van der Waals surface area contributed by atoms with E-state index in [0.29, 0.717) is 16.6 Å². The van der Waals surface area contributed by atoms with Crippen molar-refractivity contribution in [2.24, 2.45) is 0 Å². The maximum Gasteiger partial charge on any atom is 0.266 e. The van der Waals surface area contributed by atoms with Crippen LogP contribution in [0.25, 0.3) is 0 Å². The number of hydrogen-bond acceptors (Lipinski definition) is 1. The van der Waals surface area contributed by atoms with Crippen molar-refractivity contribution in [3.8, 4) is 11.8 Å². The van der Waals surface area contributed by atoms with E-state index >= 15 is 0 Å². The van der Waals surface area contributed by atoms with Gasteiger partial charge in [-0.05, 0) is 51.8 Å². The van der Waals surface area contributed by atoms with Crippen LogP contribution in [0, 0.1) is 17.7 Å².